The maximum absolute atomic E-state index is 10.0. The van der Waals surface area contributed by atoms with Crippen molar-refractivity contribution < 1.29 is 14.7 Å². The number of rotatable bonds is 2. The van der Waals surface area contributed by atoms with E-state index >= 15 is 0 Å². The number of nitrogen functional groups attached to an aromatic ring is 1. The zero-order valence-corrected chi connectivity index (χ0v) is 7.07. The van der Waals surface area contributed by atoms with Gasteiger partial charge in [-0.05, 0) is 30.7 Å². The first-order valence-corrected chi connectivity index (χ1v) is 3.61. The minimum Gasteiger partial charge on any atom is -0.448 e. The normalized spacial score (nSPS) is 9.31. The Balaban J connectivity index is 2.68. The highest BCUT2D eigenvalue weighted by Crippen LogP contribution is 2.16. The van der Waals surface area contributed by atoms with E-state index in [1.807, 2.05) is 6.92 Å². The Labute approximate surface area is 75.1 Å². The molecule has 70 valence electrons. The molecular weight excluding hydrogens is 172 g/mol. The number of carboxylic acid groups (broad SMARTS) is 1. The number of benzene rings is 1. The van der Waals surface area contributed by atoms with Gasteiger partial charge in [-0.15, -0.1) is 0 Å². The zero-order chi connectivity index (χ0) is 9.84. The van der Waals surface area contributed by atoms with E-state index in [2.05, 4.69) is 10.3 Å². The Hall–Kier alpha value is -1.91. The molecule has 0 heterocycles. The van der Waals surface area contributed by atoms with Crippen LogP contribution in [0.1, 0.15) is 5.56 Å². The average Bonchev–Trinajstić information content (AvgIpc) is 2.07. The van der Waals surface area contributed by atoms with E-state index in [1.165, 1.54) is 0 Å². The maximum Gasteiger partial charge on any atom is 0.530 e. The van der Waals surface area contributed by atoms with Crippen molar-refractivity contribution in [3.05, 3.63) is 23.8 Å². The molecule has 0 bridgehead atoms. The van der Waals surface area contributed by atoms with Crippen LogP contribution < -0.4 is 11.2 Å². The van der Waals surface area contributed by atoms with E-state index < -0.39 is 6.16 Å². The first kappa shape index (κ1) is 9.18. The monoisotopic (exact) mass is 182 g/mol. The molecule has 0 spiro atoms. The smallest absolute Gasteiger partial charge is 0.448 e. The molecule has 0 saturated heterocycles. The molecule has 4 N–H and O–H groups in total. The predicted octanol–water partition coefficient (Wildman–Crippen LogP) is 1.60. The van der Waals surface area contributed by atoms with Crippen LogP contribution in [0.4, 0.5) is 16.2 Å². The fourth-order valence-electron chi connectivity index (χ4n) is 0.842. The van der Waals surface area contributed by atoms with Crippen LogP contribution in [0.2, 0.25) is 0 Å². The molecule has 1 aromatic rings. The largest absolute Gasteiger partial charge is 0.530 e. The standard InChI is InChI=1S/C8H10N2O3/c1-5-4-6(2-3-7(5)9)10-13-8(11)12/h2-4,10H,9H2,1H3,(H,11,12). The lowest BCUT2D eigenvalue weighted by Crippen LogP contribution is -2.07. The highest BCUT2D eigenvalue weighted by atomic mass is 16.8. The summed E-state index contributed by atoms with van der Waals surface area (Å²) in [6.07, 6.45) is -1.38. The molecule has 0 unspecified atom stereocenters. The van der Waals surface area contributed by atoms with Gasteiger partial charge in [-0.1, -0.05) is 0 Å². The molecule has 0 atom stereocenters. The van der Waals surface area contributed by atoms with E-state index in [0.29, 0.717) is 11.4 Å². The van der Waals surface area contributed by atoms with E-state index in [0.717, 1.165) is 5.56 Å². The number of hydrogen-bond donors (Lipinski definition) is 3. The topological polar surface area (TPSA) is 84.6 Å². The lowest BCUT2D eigenvalue weighted by atomic mass is 10.2. The third-order valence-electron chi connectivity index (χ3n) is 1.53. The highest BCUT2D eigenvalue weighted by molar-refractivity contribution is 5.61. The molecule has 5 nitrogen and oxygen atoms in total. The van der Waals surface area contributed by atoms with E-state index in [-0.39, 0.29) is 0 Å². The Morgan fingerprint density at radius 2 is 2.31 bits per heavy atom. The van der Waals surface area contributed by atoms with Crippen LogP contribution in [-0.4, -0.2) is 11.3 Å². The van der Waals surface area contributed by atoms with Gasteiger partial charge in [0.25, 0.3) is 0 Å². The summed E-state index contributed by atoms with van der Waals surface area (Å²) < 4.78 is 0. The summed E-state index contributed by atoms with van der Waals surface area (Å²) in [5, 5.41) is 8.19. The van der Waals surface area contributed by atoms with Gasteiger partial charge in [0, 0.05) is 5.69 Å². The van der Waals surface area contributed by atoms with Crippen LogP contribution in [0.5, 0.6) is 0 Å². The van der Waals surface area contributed by atoms with Crippen LogP contribution in [0.15, 0.2) is 18.2 Å². The Bertz CT molecular complexity index is 325. The lowest BCUT2D eigenvalue weighted by Gasteiger charge is -2.05. The SMILES string of the molecule is Cc1cc(NOC(=O)O)ccc1N. The fraction of sp³-hybridized carbons (Fsp3) is 0.125. The van der Waals surface area contributed by atoms with Gasteiger partial charge in [0.1, 0.15) is 0 Å². The molecule has 0 aliphatic carbocycles. The number of aryl methyl sites for hydroxylation is 1. The van der Waals surface area contributed by atoms with Crippen molar-refractivity contribution in [1.82, 2.24) is 0 Å². The van der Waals surface area contributed by atoms with Gasteiger partial charge in [-0.3, -0.25) is 0 Å². The van der Waals surface area contributed by atoms with Crippen molar-refractivity contribution in [2.75, 3.05) is 11.2 Å². The van der Waals surface area contributed by atoms with E-state index in [4.69, 9.17) is 10.8 Å². The summed E-state index contributed by atoms with van der Waals surface area (Å²) >= 11 is 0. The molecule has 0 saturated carbocycles. The molecule has 13 heavy (non-hydrogen) atoms. The molecule has 0 fully saturated rings. The van der Waals surface area contributed by atoms with Crippen LogP contribution >= 0.6 is 0 Å². The lowest BCUT2D eigenvalue weighted by molar-refractivity contribution is 0.112. The number of nitrogens with one attached hydrogen (secondary N) is 1. The van der Waals surface area contributed by atoms with Gasteiger partial charge in [0.2, 0.25) is 0 Å². The third-order valence-corrected chi connectivity index (χ3v) is 1.53. The number of carbonyl (C=O) groups is 1. The van der Waals surface area contributed by atoms with Crippen LogP contribution in [0.3, 0.4) is 0 Å². The highest BCUT2D eigenvalue weighted by Gasteiger charge is 1.99. The molecular formula is C8H10N2O3. The van der Waals surface area contributed by atoms with Gasteiger partial charge in [0.05, 0.1) is 5.69 Å². The Morgan fingerprint density at radius 1 is 1.62 bits per heavy atom. The quantitative estimate of drug-likeness (QED) is 0.477. The second-order valence-corrected chi connectivity index (χ2v) is 2.54. The molecule has 0 amide bonds. The van der Waals surface area contributed by atoms with Gasteiger partial charge in [-0.2, -0.15) is 0 Å². The van der Waals surface area contributed by atoms with Crippen molar-refractivity contribution in [2.45, 2.75) is 6.92 Å². The second kappa shape index (κ2) is 3.66. The van der Waals surface area contributed by atoms with Gasteiger partial charge in [-0.25, -0.2) is 10.3 Å². The minimum absolute atomic E-state index is 0.550. The van der Waals surface area contributed by atoms with Gasteiger partial charge >= 0.3 is 6.16 Å². The Morgan fingerprint density at radius 3 is 2.85 bits per heavy atom. The van der Waals surface area contributed by atoms with Crippen molar-refractivity contribution in [3.63, 3.8) is 0 Å². The van der Waals surface area contributed by atoms with Crippen LogP contribution in [-0.2, 0) is 4.84 Å². The predicted molar refractivity (Wildman–Crippen MR) is 48.3 cm³/mol. The summed E-state index contributed by atoms with van der Waals surface area (Å²) in [4.78, 5) is 14.2. The summed E-state index contributed by atoms with van der Waals surface area (Å²) in [7, 11) is 0. The summed E-state index contributed by atoms with van der Waals surface area (Å²) in [6, 6.07) is 4.99. The van der Waals surface area contributed by atoms with Crippen molar-refractivity contribution >= 4 is 17.5 Å². The first-order chi connectivity index (χ1) is 6.09. The molecule has 1 aromatic carbocycles. The van der Waals surface area contributed by atoms with Crippen molar-refractivity contribution in [1.29, 1.82) is 0 Å². The molecule has 0 radical (unpaired) electrons. The van der Waals surface area contributed by atoms with Crippen LogP contribution in [0.25, 0.3) is 0 Å². The number of hydrogen-bond acceptors (Lipinski definition) is 4. The number of anilines is 2. The average molecular weight is 182 g/mol. The van der Waals surface area contributed by atoms with Crippen LogP contribution in [0, 0.1) is 6.92 Å². The summed E-state index contributed by atoms with van der Waals surface area (Å²) in [5.41, 5.74) is 9.88. The summed E-state index contributed by atoms with van der Waals surface area (Å²) in [5.74, 6) is 0. The number of nitrogens with two attached hydrogens (primary N) is 1. The van der Waals surface area contributed by atoms with E-state index in [9.17, 15) is 4.79 Å². The molecule has 0 aliphatic rings. The summed E-state index contributed by atoms with van der Waals surface area (Å²) in [6.45, 7) is 1.82. The first-order valence-electron chi connectivity index (χ1n) is 3.61. The second-order valence-electron chi connectivity index (χ2n) is 2.54. The zero-order valence-electron chi connectivity index (χ0n) is 7.07. The third kappa shape index (κ3) is 2.55. The van der Waals surface area contributed by atoms with Gasteiger partial charge in [0.15, 0.2) is 0 Å². The Kier molecular flexibility index (Phi) is 2.59. The van der Waals surface area contributed by atoms with Gasteiger partial charge < -0.3 is 15.7 Å². The maximum atomic E-state index is 10.0. The fourth-order valence-corrected chi connectivity index (χ4v) is 0.842. The molecule has 0 aliphatic heterocycles. The molecule has 1 rings (SSSR count). The minimum atomic E-state index is -1.38. The van der Waals surface area contributed by atoms with Crippen molar-refractivity contribution in [2.24, 2.45) is 0 Å². The molecule has 0 aromatic heterocycles. The molecule has 5 heteroatoms. The van der Waals surface area contributed by atoms with Crippen molar-refractivity contribution in [3.8, 4) is 0 Å². The van der Waals surface area contributed by atoms with E-state index in [1.54, 1.807) is 18.2 Å².